The van der Waals surface area contributed by atoms with E-state index in [0.717, 1.165) is 23.9 Å². The van der Waals surface area contributed by atoms with Crippen LogP contribution in [0.25, 0.3) is 0 Å². The normalized spacial score (nSPS) is 33.1. The molecule has 0 N–H and O–H groups in total. The van der Waals surface area contributed by atoms with E-state index in [9.17, 15) is 0 Å². The molecule has 0 amide bonds. The van der Waals surface area contributed by atoms with Gasteiger partial charge in [0, 0.05) is 37.3 Å². The molecule has 2 aliphatic rings. The van der Waals surface area contributed by atoms with Gasteiger partial charge in [-0.15, -0.1) is 0 Å². The first-order valence-corrected chi connectivity index (χ1v) is 8.88. The maximum Gasteiger partial charge on any atom is 0.0576 e. The lowest BCUT2D eigenvalue weighted by molar-refractivity contribution is 0.350. The molecule has 2 fully saturated rings. The Hall–Kier alpha value is -0.930. The summed E-state index contributed by atoms with van der Waals surface area (Å²) >= 11 is 0. The SMILES string of the molecule is CC(C)[C@H]1CN1[C@@H](C)c1cccc([C@H](C)N2C[C@@H]2C(C)C)n1. The molecule has 0 spiro atoms. The molecule has 0 aliphatic carbocycles. The van der Waals surface area contributed by atoms with Crippen LogP contribution in [-0.2, 0) is 0 Å². The van der Waals surface area contributed by atoms with Crippen molar-refractivity contribution in [3.8, 4) is 0 Å². The Balaban J connectivity index is 1.68. The van der Waals surface area contributed by atoms with E-state index >= 15 is 0 Å². The monoisotopic (exact) mass is 301 g/mol. The smallest absolute Gasteiger partial charge is 0.0576 e. The van der Waals surface area contributed by atoms with E-state index in [2.05, 4.69) is 69.5 Å². The average molecular weight is 301 g/mol. The molecule has 3 nitrogen and oxygen atoms in total. The summed E-state index contributed by atoms with van der Waals surface area (Å²) in [5.74, 6) is 1.49. The first kappa shape index (κ1) is 15.9. The maximum atomic E-state index is 5.00. The van der Waals surface area contributed by atoms with Gasteiger partial charge in [-0.3, -0.25) is 14.8 Å². The molecule has 0 bridgehead atoms. The van der Waals surface area contributed by atoms with Crippen LogP contribution in [0.5, 0.6) is 0 Å². The molecule has 0 aromatic carbocycles. The molecule has 3 rings (SSSR count). The summed E-state index contributed by atoms with van der Waals surface area (Å²) < 4.78 is 0. The summed E-state index contributed by atoms with van der Waals surface area (Å²) in [6.07, 6.45) is 0. The van der Waals surface area contributed by atoms with Crippen LogP contribution in [0.15, 0.2) is 18.2 Å². The lowest BCUT2D eigenvalue weighted by atomic mass is 10.1. The Bertz CT molecular complexity index is 482. The molecule has 1 aromatic heterocycles. The van der Waals surface area contributed by atoms with E-state index in [-0.39, 0.29) is 0 Å². The van der Waals surface area contributed by atoms with Crippen LogP contribution in [0.1, 0.15) is 65.0 Å². The van der Waals surface area contributed by atoms with Crippen LogP contribution >= 0.6 is 0 Å². The minimum absolute atomic E-state index is 0.439. The highest BCUT2D eigenvalue weighted by atomic mass is 15.3. The van der Waals surface area contributed by atoms with Gasteiger partial charge in [0.2, 0.25) is 0 Å². The number of pyridine rings is 1. The average Bonchev–Trinajstić information content (AvgIpc) is 3.38. The van der Waals surface area contributed by atoms with Crippen LogP contribution in [0.4, 0.5) is 0 Å². The van der Waals surface area contributed by atoms with Gasteiger partial charge >= 0.3 is 0 Å². The molecule has 3 heterocycles. The van der Waals surface area contributed by atoms with Gasteiger partial charge in [0.1, 0.15) is 0 Å². The summed E-state index contributed by atoms with van der Waals surface area (Å²) in [7, 11) is 0. The number of hydrogen-bond donors (Lipinski definition) is 0. The molecule has 0 radical (unpaired) electrons. The van der Waals surface area contributed by atoms with E-state index in [0.29, 0.717) is 12.1 Å². The van der Waals surface area contributed by atoms with Gasteiger partial charge in [-0.2, -0.15) is 0 Å². The van der Waals surface area contributed by atoms with Crippen LogP contribution in [0.3, 0.4) is 0 Å². The molecule has 2 saturated heterocycles. The lowest BCUT2D eigenvalue weighted by Gasteiger charge is -2.19. The van der Waals surface area contributed by atoms with Crippen molar-refractivity contribution >= 4 is 0 Å². The summed E-state index contributed by atoms with van der Waals surface area (Å²) in [5.41, 5.74) is 2.46. The number of rotatable bonds is 6. The maximum absolute atomic E-state index is 5.00. The van der Waals surface area contributed by atoms with E-state index in [1.54, 1.807) is 0 Å². The van der Waals surface area contributed by atoms with Crippen LogP contribution < -0.4 is 0 Å². The number of hydrogen-bond acceptors (Lipinski definition) is 3. The summed E-state index contributed by atoms with van der Waals surface area (Å²) in [6, 6.07) is 8.94. The Morgan fingerprint density at radius 2 is 1.23 bits per heavy atom. The molecule has 0 saturated carbocycles. The molecule has 122 valence electrons. The molecular formula is C19H31N3. The van der Waals surface area contributed by atoms with Crippen molar-refractivity contribution < 1.29 is 0 Å². The molecule has 22 heavy (non-hydrogen) atoms. The van der Waals surface area contributed by atoms with E-state index < -0.39 is 0 Å². The third-order valence-corrected chi connectivity index (χ3v) is 5.56. The van der Waals surface area contributed by atoms with Crippen LogP contribution in [-0.4, -0.2) is 40.0 Å². The van der Waals surface area contributed by atoms with Crippen molar-refractivity contribution in [2.75, 3.05) is 13.1 Å². The summed E-state index contributed by atoms with van der Waals surface area (Å²) in [5, 5.41) is 0. The largest absolute Gasteiger partial charge is 0.289 e. The minimum atomic E-state index is 0.439. The van der Waals surface area contributed by atoms with Gasteiger partial charge in [0.15, 0.2) is 0 Å². The van der Waals surface area contributed by atoms with Crippen molar-refractivity contribution in [1.82, 2.24) is 14.8 Å². The van der Waals surface area contributed by atoms with Crippen LogP contribution in [0.2, 0.25) is 0 Å². The Morgan fingerprint density at radius 3 is 1.55 bits per heavy atom. The Labute approximate surface area is 135 Å². The first-order chi connectivity index (χ1) is 10.4. The summed E-state index contributed by atoms with van der Waals surface area (Å²) in [4.78, 5) is 10.1. The standard InChI is InChI=1S/C19H31N3/c1-12(2)18-10-21(18)14(5)16-8-7-9-17(20-16)15(6)22-11-19(22)13(3)4/h7-9,12-15,18-19H,10-11H2,1-6H3/t14-,15-,18+,19+,21?,22?/m0/s1. The zero-order valence-electron chi connectivity index (χ0n) is 15.0. The molecule has 6 atom stereocenters. The fourth-order valence-electron chi connectivity index (χ4n) is 3.69. The fourth-order valence-corrected chi connectivity index (χ4v) is 3.69. The third-order valence-electron chi connectivity index (χ3n) is 5.56. The first-order valence-electron chi connectivity index (χ1n) is 8.88. The highest BCUT2D eigenvalue weighted by Gasteiger charge is 2.42. The topological polar surface area (TPSA) is 18.9 Å². The molecule has 2 aliphatic heterocycles. The van der Waals surface area contributed by atoms with E-state index in [1.807, 2.05) is 0 Å². The third kappa shape index (κ3) is 3.07. The van der Waals surface area contributed by atoms with Crippen molar-refractivity contribution in [1.29, 1.82) is 0 Å². The quantitative estimate of drug-likeness (QED) is 0.743. The highest BCUT2D eigenvalue weighted by molar-refractivity contribution is 5.19. The predicted molar refractivity (Wildman–Crippen MR) is 91.7 cm³/mol. The fraction of sp³-hybridized carbons (Fsp3) is 0.737. The van der Waals surface area contributed by atoms with E-state index in [1.165, 1.54) is 24.5 Å². The Kier molecular flexibility index (Phi) is 4.30. The van der Waals surface area contributed by atoms with Gasteiger partial charge in [-0.1, -0.05) is 33.8 Å². The second kappa shape index (κ2) is 5.93. The van der Waals surface area contributed by atoms with Gasteiger partial charge in [0.25, 0.3) is 0 Å². The van der Waals surface area contributed by atoms with Crippen molar-refractivity contribution in [2.24, 2.45) is 11.8 Å². The van der Waals surface area contributed by atoms with Gasteiger partial charge in [0.05, 0.1) is 11.4 Å². The van der Waals surface area contributed by atoms with Crippen LogP contribution in [0, 0.1) is 11.8 Å². The van der Waals surface area contributed by atoms with Crippen molar-refractivity contribution in [3.05, 3.63) is 29.6 Å². The van der Waals surface area contributed by atoms with Gasteiger partial charge in [-0.25, -0.2) is 0 Å². The summed E-state index contributed by atoms with van der Waals surface area (Å²) in [6.45, 7) is 16.3. The minimum Gasteiger partial charge on any atom is -0.289 e. The number of nitrogens with zero attached hydrogens (tertiary/aromatic N) is 3. The van der Waals surface area contributed by atoms with Gasteiger partial charge in [-0.05, 0) is 37.8 Å². The Morgan fingerprint density at radius 1 is 0.818 bits per heavy atom. The lowest BCUT2D eigenvalue weighted by Crippen LogP contribution is -2.16. The molecule has 3 heteroatoms. The molecule has 1 aromatic rings. The number of aromatic nitrogens is 1. The zero-order chi connectivity index (χ0) is 16.0. The molecule has 2 unspecified atom stereocenters. The highest BCUT2D eigenvalue weighted by Crippen LogP contribution is 2.37. The predicted octanol–water partition coefficient (Wildman–Crippen LogP) is 3.88. The molecular weight excluding hydrogens is 270 g/mol. The second-order valence-electron chi connectivity index (χ2n) is 7.86. The van der Waals surface area contributed by atoms with E-state index in [4.69, 9.17) is 4.98 Å². The second-order valence-corrected chi connectivity index (χ2v) is 7.86. The van der Waals surface area contributed by atoms with Crippen molar-refractivity contribution in [3.63, 3.8) is 0 Å². The van der Waals surface area contributed by atoms with Crippen molar-refractivity contribution in [2.45, 2.75) is 65.7 Å². The van der Waals surface area contributed by atoms with Gasteiger partial charge < -0.3 is 0 Å². The zero-order valence-corrected chi connectivity index (χ0v) is 15.0.